The molecule has 6 atom stereocenters. The van der Waals surface area contributed by atoms with E-state index in [1.165, 1.54) is 17.6 Å². The van der Waals surface area contributed by atoms with Crippen LogP contribution < -0.4 is 10.6 Å². The quantitative estimate of drug-likeness (QED) is 0.405. The second-order valence-electron chi connectivity index (χ2n) is 9.86. The Morgan fingerprint density at radius 2 is 1.85 bits per heavy atom. The van der Waals surface area contributed by atoms with Gasteiger partial charge in [0, 0.05) is 18.7 Å². The minimum Gasteiger partial charge on any atom is -0.464 e. The van der Waals surface area contributed by atoms with Crippen LogP contribution in [-0.2, 0) is 28.5 Å². The van der Waals surface area contributed by atoms with Crippen LogP contribution in [0.15, 0.2) is 43.0 Å². The number of hydrogen-bond donors (Lipinski definition) is 2. The molecule has 2 N–H and O–H groups in total. The summed E-state index contributed by atoms with van der Waals surface area (Å²) in [4.78, 5) is 53.2. The fraction of sp³-hybridized carbons (Fsp3) is 0.481. The van der Waals surface area contributed by atoms with Crippen LogP contribution in [0.3, 0.4) is 0 Å². The first-order valence-corrected chi connectivity index (χ1v) is 13.7. The van der Waals surface area contributed by atoms with Crippen LogP contribution in [0.4, 0.5) is 10.6 Å². The van der Waals surface area contributed by atoms with Gasteiger partial charge in [0.25, 0.3) is 5.91 Å². The molecule has 0 saturated carbocycles. The molecule has 5 heterocycles. The van der Waals surface area contributed by atoms with Crippen LogP contribution in [0.2, 0.25) is 0 Å². The van der Waals surface area contributed by atoms with Gasteiger partial charge in [0.1, 0.15) is 24.6 Å². The highest BCUT2D eigenvalue weighted by molar-refractivity contribution is 5.95. The van der Waals surface area contributed by atoms with Gasteiger partial charge in [-0.3, -0.25) is 14.7 Å². The standard InChI is InChI=1S/C27H31N7O7/c1-3-28-27(37)32-21-17-22(30-13-29-21)34(14-31-17)24-20-18(40-26(41-20)15-9-6-5-7-10-15)19(39-24)23(35)33-12-8-11-16(33)25(36)38-4-2/h5-7,9-10,13-14,16,18-20,24,26H,3-4,8,11-12H2,1-2H3,(H2,28,29,30,32,37)/t16-,18?,19?,20?,24?,26+/m1/s1. The minimum absolute atomic E-state index is 0.224. The van der Waals surface area contributed by atoms with E-state index in [1.807, 2.05) is 30.3 Å². The maximum atomic E-state index is 13.9. The van der Waals surface area contributed by atoms with Gasteiger partial charge < -0.3 is 29.2 Å². The first-order chi connectivity index (χ1) is 20.0. The van der Waals surface area contributed by atoms with Gasteiger partial charge in [-0.1, -0.05) is 30.3 Å². The van der Waals surface area contributed by atoms with Crippen LogP contribution in [-0.4, -0.2) is 86.4 Å². The monoisotopic (exact) mass is 565 g/mol. The molecule has 0 radical (unpaired) electrons. The summed E-state index contributed by atoms with van der Waals surface area (Å²) >= 11 is 0. The van der Waals surface area contributed by atoms with E-state index in [2.05, 4.69) is 25.6 Å². The smallest absolute Gasteiger partial charge is 0.328 e. The third-order valence-electron chi connectivity index (χ3n) is 7.36. The molecule has 14 nitrogen and oxygen atoms in total. The van der Waals surface area contributed by atoms with Gasteiger partial charge in [0.15, 0.2) is 35.6 Å². The van der Waals surface area contributed by atoms with Crippen LogP contribution in [0.1, 0.15) is 44.8 Å². The number of benzene rings is 1. The molecule has 4 unspecified atom stereocenters. The molecule has 0 aliphatic carbocycles. The number of nitrogens with one attached hydrogen (secondary N) is 2. The number of fused-ring (bicyclic) bond motifs is 2. The number of esters is 1. The molecule has 3 aliphatic heterocycles. The average Bonchev–Trinajstić information content (AvgIpc) is 3.77. The van der Waals surface area contributed by atoms with Gasteiger partial charge in [0.2, 0.25) is 0 Å². The van der Waals surface area contributed by atoms with Gasteiger partial charge in [-0.2, -0.15) is 0 Å². The number of imidazole rings is 1. The summed E-state index contributed by atoms with van der Waals surface area (Å²) in [5.74, 6) is -0.574. The van der Waals surface area contributed by atoms with Crippen molar-refractivity contribution in [1.29, 1.82) is 0 Å². The summed E-state index contributed by atoms with van der Waals surface area (Å²) in [5, 5.41) is 5.33. The number of likely N-dealkylation sites (tertiary alicyclic amines) is 1. The molecular weight excluding hydrogens is 534 g/mol. The zero-order valence-corrected chi connectivity index (χ0v) is 22.6. The number of hydrogen-bond acceptors (Lipinski definition) is 10. The summed E-state index contributed by atoms with van der Waals surface area (Å²) in [6, 6.07) is 8.31. The van der Waals surface area contributed by atoms with Crippen molar-refractivity contribution in [3.05, 3.63) is 48.5 Å². The van der Waals surface area contributed by atoms with Crippen molar-refractivity contribution in [2.24, 2.45) is 0 Å². The normalized spacial score (nSPS) is 27.1. The lowest BCUT2D eigenvalue weighted by atomic mass is 10.1. The predicted molar refractivity (Wildman–Crippen MR) is 142 cm³/mol. The Bertz CT molecular complexity index is 1430. The molecule has 3 aromatic rings. The summed E-state index contributed by atoms with van der Waals surface area (Å²) < 4.78 is 25.9. The van der Waals surface area contributed by atoms with Gasteiger partial charge in [0.05, 0.1) is 12.9 Å². The van der Waals surface area contributed by atoms with Crippen molar-refractivity contribution >= 4 is 34.9 Å². The molecule has 3 aliphatic rings. The highest BCUT2D eigenvalue weighted by Crippen LogP contribution is 2.45. The third kappa shape index (κ3) is 4.98. The lowest BCUT2D eigenvalue weighted by Crippen LogP contribution is -2.49. The number of anilines is 1. The van der Waals surface area contributed by atoms with Crippen molar-refractivity contribution < 1.29 is 33.3 Å². The van der Waals surface area contributed by atoms with E-state index in [1.54, 1.807) is 18.4 Å². The van der Waals surface area contributed by atoms with Crippen LogP contribution >= 0.6 is 0 Å². The highest BCUT2D eigenvalue weighted by atomic mass is 16.8. The van der Waals surface area contributed by atoms with Crippen LogP contribution in [0, 0.1) is 0 Å². The minimum atomic E-state index is -1.05. The number of amides is 3. The lowest BCUT2D eigenvalue weighted by Gasteiger charge is -2.27. The topological polar surface area (TPSA) is 159 Å². The summed E-state index contributed by atoms with van der Waals surface area (Å²) in [6.07, 6.45) is -0.0938. The Kier molecular flexibility index (Phi) is 7.51. The Hall–Kier alpha value is -4.14. The zero-order chi connectivity index (χ0) is 28.5. The predicted octanol–water partition coefficient (Wildman–Crippen LogP) is 1.90. The molecule has 41 heavy (non-hydrogen) atoms. The van der Waals surface area contributed by atoms with Gasteiger partial charge in [-0.15, -0.1) is 0 Å². The lowest BCUT2D eigenvalue weighted by molar-refractivity contribution is -0.172. The summed E-state index contributed by atoms with van der Waals surface area (Å²) in [6.45, 7) is 4.61. The number of urea groups is 1. The van der Waals surface area contributed by atoms with E-state index in [0.717, 1.165) is 5.56 Å². The van der Waals surface area contributed by atoms with E-state index >= 15 is 0 Å². The SMILES string of the molecule is CCNC(=O)Nc1ncnc2c1ncn2C1OC(C(=O)N2CCC[C@@H]2C(=O)OCC)C2O[C@H](c3ccccc3)OC21. The Labute approximate surface area is 235 Å². The van der Waals surface area contributed by atoms with Crippen LogP contribution in [0.5, 0.6) is 0 Å². The molecule has 3 amide bonds. The Balaban J connectivity index is 1.33. The average molecular weight is 566 g/mol. The van der Waals surface area contributed by atoms with Crippen LogP contribution in [0.25, 0.3) is 11.2 Å². The van der Waals surface area contributed by atoms with E-state index < -0.39 is 48.9 Å². The van der Waals surface area contributed by atoms with Gasteiger partial charge in [-0.05, 0) is 26.7 Å². The molecule has 3 saturated heterocycles. The molecule has 0 spiro atoms. The number of rotatable bonds is 7. The van der Waals surface area contributed by atoms with Crippen molar-refractivity contribution in [1.82, 2.24) is 29.7 Å². The van der Waals surface area contributed by atoms with E-state index in [9.17, 15) is 14.4 Å². The first-order valence-electron chi connectivity index (χ1n) is 13.7. The Morgan fingerprint density at radius 3 is 2.63 bits per heavy atom. The third-order valence-corrected chi connectivity index (χ3v) is 7.36. The highest BCUT2D eigenvalue weighted by Gasteiger charge is 2.58. The number of carbonyl (C=O) groups excluding carboxylic acids is 3. The van der Waals surface area contributed by atoms with Gasteiger partial charge >= 0.3 is 12.0 Å². The fourth-order valence-corrected chi connectivity index (χ4v) is 5.56. The van der Waals surface area contributed by atoms with Crippen molar-refractivity contribution in [2.75, 3.05) is 25.0 Å². The molecule has 14 heteroatoms. The largest absolute Gasteiger partial charge is 0.464 e. The molecule has 0 bridgehead atoms. The van der Waals surface area contributed by atoms with Gasteiger partial charge in [-0.25, -0.2) is 24.5 Å². The number of carbonyl (C=O) groups is 3. The first kappa shape index (κ1) is 27.1. The number of nitrogens with zero attached hydrogens (tertiary/aromatic N) is 5. The maximum Gasteiger partial charge on any atom is 0.328 e. The van der Waals surface area contributed by atoms with Crippen molar-refractivity contribution in [3.8, 4) is 0 Å². The maximum absolute atomic E-state index is 13.9. The second-order valence-corrected chi connectivity index (χ2v) is 9.86. The summed E-state index contributed by atoms with van der Waals surface area (Å²) in [5.41, 5.74) is 1.51. The van der Waals surface area contributed by atoms with Crippen molar-refractivity contribution in [3.63, 3.8) is 0 Å². The molecule has 1 aromatic carbocycles. The van der Waals surface area contributed by atoms with Crippen molar-refractivity contribution in [2.45, 2.75) is 63.6 Å². The molecule has 3 fully saturated rings. The molecular formula is C27H31N7O7. The van der Waals surface area contributed by atoms with E-state index in [0.29, 0.717) is 37.1 Å². The molecule has 216 valence electrons. The Morgan fingerprint density at radius 1 is 1.05 bits per heavy atom. The molecule has 6 rings (SSSR count). The second kappa shape index (κ2) is 11.4. The zero-order valence-electron chi connectivity index (χ0n) is 22.6. The fourth-order valence-electron chi connectivity index (χ4n) is 5.56. The van der Waals surface area contributed by atoms with E-state index in [-0.39, 0.29) is 18.3 Å². The summed E-state index contributed by atoms with van der Waals surface area (Å²) in [7, 11) is 0. The number of ether oxygens (including phenoxy) is 4. The molecule has 2 aromatic heterocycles. The van der Waals surface area contributed by atoms with E-state index in [4.69, 9.17) is 18.9 Å². The number of aromatic nitrogens is 4.